The van der Waals surface area contributed by atoms with Gasteiger partial charge in [0.05, 0.1) is 0 Å². The molecule has 0 bridgehead atoms. The molecule has 0 spiro atoms. The lowest BCUT2D eigenvalue weighted by Crippen LogP contribution is -2.40. The maximum atomic E-state index is 11.6. The van der Waals surface area contributed by atoms with Gasteiger partial charge in [0.15, 0.2) is 0 Å². The summed E-state index contributed by atoms with van der Waals surface area (Å²) in [5.41, 5.74) is 1.13. The smallest absolute Gasteiger partial charge is 0.407 e. The molecule has 3 amide bonds. The monoisotopic (exact) mass is 293 g/mol. The van der Waals surface area contributed by atoms with Gasteiger partial charge in [0.25, 0.3) is 0 Å². The first-order chi connectivity index (χ1) is 9.67. The number of carbonyl (C=O) groups is 2. The highest BCUT2D eigenvalue weighted by Gasteiger charge is 2.14. The van der Waals surface area contributed by atoms with E-state index < -0.39 is 6.09 Å². The molecule has 0 heterocycles. The summed E-state index contributed by atoms with van der Waals surface area (Å²) in [6.45, 7) is 5.79. The molecule has 116 valence electrons. The predicted molar refractivity (Wildman–Crippen MR) is 82.2 cm³/mol. The van der Waals surface area contributed by atoms with E-state index in [9.17, 15) is 9.59 Å². The quantitative estimate of drug-likeness (QED) is 0.900. The van der Waals surface area contributed by atoms with Crippen molar-refractivity contribution >= 4 is 17.8 Å². The van der Waals surface area contributed by atoms with Crippen LogP contribution in [0, 0.1) is 0 Å². The molecule has 1 aromatic carbocycles. The van der Waals surface area contributed by atoms with Gasteiger partial charge in [-0.2, -0.15) is 0 Å². The van der Waals surface area contributed by atoms with Crippen LogP contribution in [-0.2, 0) is 11.3 Å². The van der Waals surface area contributed by atoms with E-state index in [1.807, 2.05) is 26.8 Å². The zero-order valence-electron chi connectivity index (χ0n) is 13.2. The van der Waals surface area contributed by atoms with Crippen LogP contribution in [-0.4, -0.2) is 36.7 Å². The van der Waals surface area contributed by atoms with Gasteiger partial charge in [-0.05, 0) is 38.5 Å². The molecule has 0 aliphatic rings. The van der Waals surface area contributed by atoms with Crippen molar-refractivity contribution in [2.75, 3.05) is 19.4 Å². The normalized spacial score (nSPS) is 10.7. The van der Waals surface area contributed by atoms with Gasteiger partial charge in [0, 0.05) is 25.3 Å². The lowest BCUT2D eigenvalue weighted by Gasteiger charge is -2.20. The Morgan fingerprint density at radius 3 is 2.48 bits per heavy atom. The van der Waals surface area contributed by atoms with Crippen LogP contribution in [0.2, 0.25) is 0 Å². The first-order valence-corrected chi connectivity index (χ1v) is 6.69. The third kappa shape index (κ3) is 6.65. The van der Waals surface area contributed by atoms with Crippen LogP contribution >= 0.6 is 0 Å². The Hall–Kier alpha value is -2.24. The number of hydrogen-bond acceptors (Lipinski definition) is 3. The highest BCUT2D eigenvalue weighted by Crippen LogP contribution is 2.12. The van der Waals surface area contributed by atoms with Gasteiger partial charge in [-0.15, -0.1) is 0 Å². The van der Waals surface area contributed by atoms with Crippen molar-refractivity contribution in [1.29, 1.82) is 0 Å². The molecule has 1 rings (SSSR count). The Balaban J connectivity index is 2.57. The van der Waals surface area contributed by atoms with Crippen molar-refractivity contribution in [3.63, 3.8) is 0 Å². The van der Waals surface area contributed by atoms with Crippen molar-refractivity contribution in [2.24, 2.45) is 0 Å². The van der Waals surface area contributed by atoms with E-state index in [1.54, 1.807) is 32.3 Å². The minimum absolute atomic E-state index is 0.146. The number of benzene rings is 1. The number of amides is 3. The minimum Gasteiger partial charge on any atom is -0.445 e. The van der Waals surface area contributed by atoms with Gasteiger partial charge in [0.1, 0.15) is 6.61 Å². The zero-order valence-corrected chi connectivity index (χ0v) is 13.2. The van der Waals surface area contributed by atoms with Crippen molar-refractivity contribution in [2.45, 2.75) is 32.9 Å². The fraction of sp³-hybridized carbons (Fsp3) is 0.467. The van der Waals surface area contributed by atoms with Gasteiger partial charge in [-0.3, -0.25) is 0 Å². The summed E-state index contributed by atoms with van der Waals surface area (Å²) in [6, 6.07) is 6.96. The maximum Gasteiger partial charge on any atom is 0.407 e. The highest BCUT2D eigenvalue weighted by molar-refractivity contribution is 5.88. The number of anilines is 1. The molecule has 2 N–H and O–H groups in total. The molecule has 6 nitrogen and oxygen atoms in total. The van der Waals surface area contributed by atoms with E-state index >= 15 is 0 Å². The Morgan fingerprint density at radius 2 is 1.90 bits per heavy atom. The van der Waals surface area contributed by atoms with Crippen molar-refractivity contribution in [3.8, 4) is 0 Å². The molecule has 0 saturated heterocycles. The number of nitrogens with one attached hydrogen (secondary N) is 2. The summed E-state index contributed by atoms with van der Waals surface area (Å²) < 4.78 is 5.14. The molecular weight excluding hydrogens is 270 g/mol. The summed E-state index contributed by atoms with van der Waals surface area (Å²) in [5.74, 6) is 0. The standard InChI is InChI=1S/C15H23N3O3/c1-15(2,3)17-14(20)21-10-11-7-6-8-12(9-11)16-13(19)18(4)5/h6-9H,10H2,1-5H3,(H,16,19)(H,17,20). The summed E-state index contributed by atoms with van der Waals surface area (Å²) in [6.07, 6.45) is -0.467. The number of hydrogen-bond donors (Lipinski definition) is 2. The number of nitrogens with zero attached hydrogens (tertiary/aromatic N) is 1. The first kappa shape index (κ1) is 16.8. The second kappa shape index (κ2) is 6.97. The Morgan fingerprint density at radius 1 is 1.24 bits per heavy atom. The molecule has 0 aliphatic carbocycles. The van der Waals surface area contributed by atoms with Crippen LogP contribution in [0.1, 0.15) is 26.3 Å². The molecule has 0 unspecified atom stereocenters. The SMILES string of the molecule is CN(C)C(=O)Nc1cccc(COC(=O)NC(C)(C)C)c1. The van der Waals surface area contributed by atoms with Crippen molar-refractivity contribution < 1.29 is 14.3 Å². The van der Waals surface area contributed by atoms with Crippen molar-refractivity contribution in [1.82, 2.24) is 10.2 Å². The first-order valence-electron chi connectivity index (χ1n) is 6.69. The molecule has 0 aromatic heterocycles. The van der Waals surface area contributed by atoms with Crippen LogP contribution in [0.3, 0.4) is 0 Å². The average Bonchev–Trinajstić information content (AvgIpc) is 2.34. The largest absolute Gasteiger partial charge is 0.445 e. The third-order valence-corrected chi connectivity index (χ3v) is 2.43. The fourth-order valence-electron chi connectivity index (χ4n) is 1.47. The van der Waals surface area contributed by atoms with Crippen LogP contribution in [0.25, 0.3) is 0 Å². The molecule has 0 aliphatic heterocycles. The number of carbonyl (C=O) groups excluding carboxylic acids is 2. The molecule has 0 saturated carbocycles. The van der Waals surface area contributed by atoms with Crippen molar-refractivity contribution in [3.05, 3.63) is 29.8 Å². The fourth-order valence-corrected chi connectivity index (χ4v) is 1.47. The number of rotatable bonds is 3. The zero-order chi connectivity index (χ0) is 16.0. The second-order valence-electron chi connectivity index (χ2n) is 5.98. The number of urea groups is 1. The maximum absolute atomic E-state index is 11.6. The van der Waals surface area contributed by atoms with E-state index in [0.717, 1.165) is 5.56 Å². The van der Waals surface area contributed by atoms with E-state index in [0.29, 0.717) is 5.69 Å². The number of alkyl carbamates (subject to hydrolysis) is 1. The lowest BCUT2D eigenvalue weighted by atomic mass is 10.1. The second-order valence-corrected chi connectivity index (χ2v) is 5.98. The molecule has 1 aromatic rings. The van der Waals surface area contributed by atoms with Crippen LogP contribution in [0.5, 0.6) is 0 Å². The summed E-state index contributed by atoms with van der Waals surface area (Å²) >= 11 is 0. The van der Waals surface area contributed by atoms with E-state index in [1.165, 1.54) is 4.90 Å². The van der Waals surface area contributed by atoms with Crippen LogP contribution in [0.15, 0.2) is 24.3 Å². The molecule has 6 heteroatoms. The van der Waals surface area contributed by atoms with Gasteiger partial charge in [-0.1, -0.05) is 12.1 Å². The average molecular weight is 293 g/mol. The van der Waals surface area contributed by atoms with Gasteiger partial charge in [0.2, 0.25) is 0 Å². The van der Waals surface area contributed by atoms with Crippen LogP contribution < -0.4 is 10.6 Å². The summed E-state index contributed by atoms with van der Waals surface area (Å²) in [7, 11) is 3.33. The van der Waals surface area contributed by atoms with Gasteiger partial charge in [-0.25, -0.2) is 9.59 Å². The van der Waals surface area contributed by atoms with Gasteiger partial charge < -0.3 is 20.3 Å². The van der Waals surface area contributed by atoms with E-state index in [-0.39, 0.29) is 18.2 Å². The van der Waals surface area contributed by atoms with Crippen LogP contribution in [0.4, 0.5) is 15.3 Å². The predicted octanol–water partition coefficient (Wildman–Crippen LogP) is 2.80. The highest BCUT2D eigenvalue weighted by atomic mass is 16.5. The van der Waals surface area contributed by atoms with Gasteiger partial charge >= 0.3 is 12.1 Å². The Kier molecular flexibility index (Phi) is 5.58. The van der Waals surface area contributed by atoms with E-state index in [2.05, 4.69) is 10.6 Å². The Bertz CT molecular complexity index is 507. The molecule has 0 atom stereocenters. The Labute approximate surface area is 125 Å². The molecule has 21 heavy (non-hydrogen) atoms. The summed E-state index contributed by atoms with van der Waals surface area (Å²) in [5, 5.41) is 5.45. The minimum atomic E-state index is -0.467. The lowest BCUT2D eigenvalue weighted by molar-refractivity contribution is 0.131. The molecule has 0 fully saturated rings. The molecule has 0 radical (unpaired) electrons. The third-order valence-electron chi connectivity index (χ3n) is 2.43. The number of ether oxygens (including phenoxy) is 1. The summed E-state index contributed by atoms with van der Waals surface area (Å²) in [4.78, 5) is 24.6. The topological polar surface area (TPSA) is 70.7 Å². The van der Waals surface area contributed by atoms with E-state index in [4.69, 9.17) is 4.74 Å². The molecular formula is C15H23N3O3.